The first kappa shape index (κ1) is 18.5. The van der Waals surface area contributed by atoms with E-state index in [0.717, 1.165) is 17.5 Å². The van der Waals surface area contributed by atoms with Gasteiger partial charge in [0, 0.05) is 17.7 Å². The Labute approximate surface area is 156 Å². The molecule has 0 amide bonds. The highest BCUT2D eigenvalue weighted by molar-refractivity contribution is 5.82. The molecule has 0 aliphatic rings. The molecular weight excluding hydrogens is 350 g/mol. The number of aromatic nitrogens is 2. The zero-order chi connectivity index (χ0) is 19.4. The van der Waals surface area contributed by atoms with Gasteiger partial charge >= 0.3 is 5.69 Å². The number of benzene rings is 2. The lowest BCUT2D eigenvalue weighted by Crippen LogP contribution is -2.04. The number of nitrogens with zero attached hydrogens (tertiary/aromatic N) is 2. The van der Waals surface area contributed by atoms with Crippen LogP contribution >= 0.6 is 0 Å². The van der Waals surface area contributed by atoms with Gasteiger partial charge in [0.15, 0.2) is 5.75 Å². The normalized spacial score (nSPS) is 10.8. The molecule has 0 aliphatic heterocycles. The van der Waals surface area contributed by atoms with Crippen molar-refractivity contribution in [1.82, 2.24) is 9.97 Å². The lowest BCUT2D eigenvalue weighted by Gasteiger charge is -2.13. The molecule has 0 atom stereocenters. The molecule has 0 radical (unpaired) electrons. The number of nitro groups is 1. The van der Waals surface area contributed by atoms with E-state index in [-0.39, 0.29) is 11.4 Å². The predicted octanol–water partition coefficient (Wildman–Crippen LogP) is 4.33. The van der Waals surface area contributed by atoms with Gasteiger partial charge in [0.05, 0.1) is 36.3 Å². The van der Waals surface area contributed by atoms with Crippen LogP contribution < -0.4 is 14.2 Å². The van der Waals surface area contributed by atoms with Crippen LogP contribution in [-0.2, 0) is 0 Å². The summed E-state index contributed by atoms with van der Waals surface area (Å²) in [5.74, 6) is 1.67. The second-order valence-corrected chi connectivity index (χ2v) is 5.83. The minimum absolute atomic E-state index is 0.144. The largest absolute Gasteiger partial charge is 0.497 e. The fourth-order valence-corrected chi connectivity index (χ4v) is 2.72. The van der Waals surface area contributed by atoms with Crippen molar-refractivity contribution in [1.29, 1.82) is 0 Å². The van der Waals surface area contributed by atoms with Gasteiger partial charge in [0.2, 0.25) is 5.75 Å². The quantitative estimate of drug-likeness (QED) is 0.467. The summed E-state index contributed by atoms with van der Waals surface area (Å²) in [5, 5.41) is 11.6. The summed E-state index contributed by atoms with van der Waals surface area (Å²) in [6, 6.07) is 8.61. The number of rotatable bonds is 8. The molecule has 0 fully saturated rings. The van der Waals surface area contributed by atoms with E-state index in [1.165, 1.54) is 6.07 Å². The number of H-pyrrole nitrogens is 1. The van der Waals surface area contributed by atoms with E-state index in [1.54, 1.807) is 13.2 Å². The number of hydrogen-bond acceptors (Lipinski definition) is 6. The molecule has 1 heterocycles. The third-order valence-corrected chi connectivity index (χ3v) is 3.94. The van der Waals surface area contributed by atoms with E-state index in [2.05, 4.69) is 9.97 Å². The number of fused-ring (bicyclic) bond motifs is 1. The smallest absolute Gasteiger partial charge is 0.315 e. The summed E-state index contributed by atoms with van der Waals surface area (Å²) in [4.78, 5) is 18.8. The standard InChI is InChI=1S/C19H21N3O5/c1-4-8-27-18-16(22(23)24)9-12(10-17(18)26-5-2)19-20-14-7-6-13(25-3)11-15(14)21-19/h6-7,9-11H,4-5,8H2,1-3H3,(H,20,21). The molecule has 1 aromatic heterocycles. The van der Waals surface area contributed by atoms with Crippen LogP contribution in [0.25, 0.3) is 22.4 Å². The number of hydrogen-bond donors (Lipinski definition) is 1. The number of nitro benzene ring substituents is 1. The fraction of sp³-hybridized carbons (Fsp3) is 0.316. The minimum atomic E-state index is -0.470. The van der Waals surface area contributed by atoms with Crippen molar-refractivity contribution in [2.45, 2.75) is 20.3 Å². The van der Waals surface area contributed by atoms with Crippen LogP contribution in [-0.4, -0.2) is 35.2 Å². The topological polar surface area (TPSA) is 99.5 Å². The van der Waals surface area contributed by atoms with Crippen LogP contribution in [0, 0.1) is 10.1 Å². The molecule has 1 N–H and O–H groups in total. The molecule has 0 saturated carbocycles. The molecule has 27 heavy (non-hydrogen) atoms. The van der Waals surface area contributed by atoms with E-state index < -0.39 is 4.92 Å². The molecule has 0 spiro atoms. The number of nitrogens with one attached hydrogen (secondary N) is 1. The molecule has 0 aliphatic carbocycles. The summed E-state index contributed by atoms with van der Waals surface area (Å²) in [5.41, 5.74) is 1.90. The monoisotopic (exact) mass is 371 g/mol. The summed E-state index contributed by atoms with van der Waals surface area (Å²) in [6.07, 6.45) is 0.732. The Hall–Kier alpha value is -3.29. The van der Waals surface area contributed by atoms with Gasteiger partial charge in [-0.05, 0) is 31.5 Å². The van der Waals surface area contributed by atoms with Crippen LogP contribution in [0.3, 0.4) is 0 Å². The van der Waals surface area contributed by atoms with Gasteiger partial charge in [-0.25, -0.2) is 4.98 Å². The average Bonchev–Trinajstić information content (AvgIpc) is 3.09. The molecule has 0 unspecified atom stereocenters. The zero-order valence-corrected chi connectivity index (χ0v) is 15.4. The van der Waals surface area contributed by atoms with Crippen molar-refractivity contribution in [3.05, 3.63) is 40.4 Å². The van der Waals surface area contributed by atoms with Crippen LogP contribution in [0.4, 0.5) is 5.69 Å². The van der Waals surface area contributed by atoms with Gasteiger partial charge in [-0.15, -0.1) is 0 Å². The maximum atomic E-state index is 11.6. The zero-order valence-electron chi connectivity index (χ0n) is 15.4. The van der Waals surface area contributed by atoms with Crippen molar-refractivity contribution < 1.29 is 19.1 Å². The van der Waals surface area contributed by atoms with Gasteiger partial charge in [-0.1, -0.05) is 6.92 Å². The summed E-state index contributed by atoms with van der Waals surface area (Å²) >= 11 is 0. The average molecular weight is 371 g/mol. The molecule has 0 bridgehead atoms. The van der Waals surface area contributed by atoms with Crippen LogP contribution in [0.5, 0.6) is 17.2 Å². The molecule has 2 aromatic carbocycles. The van der Waals surface area contributed by atoms with E-state index in [4.69, 9.17) is 14.2 Å². The van der Waals surface area contributed by atoms with Crippen molar-refractivity contribution in [2.75, 3.05) is 20.3 Å². The summed E-state index contributed by atoms with van der Waals surface area (Å²) < 4.78 is 16.4. The SMILES string of the molecule is CCCOc1c(OCC)cc(-c2nc3ccc(OC)cc3[nH]2)cc1[N+](=O)[O-]. The third-order valence-electron chi connectivity index (χ3n) is 3.94. The van der Waals surface area contributed by atoms with Crippen molar-refractivity contribution in [3.63, 3.8) is 0 Å². The van der Waals surface area contributed by atoms with Crippen molar-refractivity contribution in [3.8, 4) is 28.6 Å². The van der Waals surface area contributed by atoms with E-state index in [9.17, 15) is 10.1 Å². The maximum absolute atomic E-state index is 11.6. The predicted molar refractivity (Wildman–Crippen MR) is 102 cm³/mol. The lowest BCUT2D eigenvalue weighted by molar-refractivity contribution is -0.385. The highest BCUT2D eigenvalue weighted by Gasteiger charge is 2.24. The summed E-state index contributed by atoms with van der Waals surface area (Å²) in [7, 11) is 1.59. The molecule has 3 aromatic rings. The highest BCUT2D eigenvalue weighted by atomic mass is 16.6. The minimum Gasteiger partial charge on any atom is -0.497 e. The molecular formula is C19H21N3O5. The third kappa shape index (κ3) is 3.79. The van der Waals surface area contributed by atoms with Gasteiger partial charge < -0.3 is 19.2 Å². The van der Waals surface area contributed by atoms with E-state index >= 15 is 0 Å². The Kier molecular flexibility index (Phi) is 5.44. The first-order valence-electron chi connectivity index (χ1n) is 8.69. The second kappa shape index (κ2) is 7.94. The van der Waals surface area contributed by atoms with Crippen LogP contribution in [0.2, 0.25) is 0 Å². The fourth-order valence-electron chi connectivity index (χ4n) is 2.72. The van der Waals surface area contributed by atoms with Crippen LogP contribution in [0.1, 0.15) is 20.3 Å². The molecule has 8 nitrogen and oxygen atoms in total. The highest BCUT2D eigenvalue weighted by Crippen LogP contribution is 2.41. The van der Waals surface area contributed by atoms with Crippen molar-refractivity contribution >= 4 is 16.7 Å². The Morgan fingerprint density at radius 3 is 2.67 bits per heavy atom. The number of aromatic amines is 1. The molecule has 3 rings (SSSR count). The van der Waals surface area contributed by atoms with Gasteiger partial charge in [-0.2, -0.15) is 0 Å². The Balaban J connectivity index is 2.13. The molecule has 8 heteroatoms. The first-order chi connectivity index (χ1) is 13.1. The van der Waals surface area contributed by atoms with E-state index in [1.807, 2.05) is 32.0 Å². The van der Waals surface area contributed by atoms with Crippen molar-refractivity contribution in [2.24, 2.45) is 0 Å². The van der Waals surface area contributed by atoms with Gasteiger partial charge in [-0.3, -0.25) is 10.1 Å². The lowest BCUT2D eigenvalue weighted by atomic mass is 10.1. The molecule has 0 saturated heterocycles. The number of methoxy groups -OCH3 is 1. The Morgan fingerprint density at radius 2 is 2.00 bits per heavy atom. The number of imidazole rings is 1. The molecule has 142 valence electrons. The maximum Gasteiger partial charge on any atom is 0.315 e. The van der Waals surface area contributed by atoms with Crippen LogP contribution in [0.15, 0.2) is 30.3 Å². The van der Waals surface area contributed by atoms with Gasteiger partial charge in [0.25, 0.3) is 0 Å². The number of ether oxygens (including phenoxy) is 3. The summed E-state index contributed by atoms with van der Waals surface area (Å²) in [6.45, 7) is 4.48. The second-order valence-electron chi connectivity index (χ2n) is 5.83. The van der Waals surface area contributed by atoms with Gasteiger partial charge in [0.1, 0.15) is 11.6 Å². The first-order valence-corrected chi connectivity index (χ1v) is 8.69. The Bertz CT molecular complexity index is 967. The Morgan fingerprint density at radius 1 is 1.19 bits per heavy atom. The van der Waals surface area contributed by atoms with E-state index in [0.29, 0.717) is 36.1 Å².